The van der Waals surface area contributed by atoms with Crippen molar-refractivity contribution >= 4 is 23.1 Å². The highest BCUT2D eigenvalue weighted by Gasteiger charge is 2.54. The monoisotopic (exact) mass is 256 g/mol. The summed E-state index contributed by atoms with van der Waals surface area (Å²) in [7, 11) is 1.73. The molecule has 0 aliphatic heterocycles. The summed E-state index contributed by atoms with van der Waals surface area (Å²) in [5.74, 6) is -0.0228. The van der Waals surface area contributed by atoms with Crippen LogP contribution >= 0.6 is 12.2 Å². The Morgan fingerprint density at radius 2 is 1.88 bits per heavy atom. The van der Waals surface area contributed by atoms with Gasteiger partial charge in [-0.15, -0.1) is 0 Å². The van der Waals surface area contributed by atoms with Crippen LogP contribution in [0.2, 0.25) is 0 Å². The van der Waals surface area contributed by atoms with Crippen LogP contribution in [0.5, 0.6) is 0 Å². The van der Waals surface area contributed by atoms with Gasteiger partial charge in [0.15, 0.2) is 0 Å². The number of amides is 1. The first-order valence-corrected chi connectivity index (χ1v) is 6.58. The number of nitrogens with zero attached hydrogens (tertiary/aromatic N) is 1. The average Bonchev–Trinajstić information content (AvgIpc) is 2.97. The van der Waals surface area contributed by atoms with Gasteiger partial charge in [0, 0.05) is 13.6 Å². The molecular weight excluding hydrogens is 236 g/mol. The number of rotatable bonds is 4. The van der Waals surface area contributed by atoms with Gasteiger partial charge in [-0.25, -0.2) is 0 Å². The Bertz CT molecular complexity index is 346. The van der Waals surface area contributed by atoms with Crippen molar-refractivity contribution in [2.45, 2.75) is 44.1 Å². The summed E-state index contributed by atoms with van der Waals surface area (Å²) in [6.45, 7) is 0.399. The minimum Gasteiger partial charge on any atom is -0.392 e. The molecule has 0 heterocycles. The molecule has 17 heavy (non-hydrogen) atoms. The minimum absolute atomic E-state index is 0.0228. The van der Waals surface area contributed by atoms with E-state index in [-0.39, 0.29) is 5.91 Å². The third kappa shape index (κ3) is 2.31. The van der Waals surface area contributed by atoms with Crippen molar-refractivity contribution in [3.8, 4) is 0 Å². The molecule has 0 aromatic carbocycles. The Balaban J connectivity index is 1.98. The van der Waals surface area contributed by atoms with Gasteiger partial charge in [-0.2, -0.15) is 0 Å². The van der Waals surface area contributed by atoms with E-state index in [9.17, 15) is 9.90 Å². The zero-order valence-electron chi connectivity index (χ0n) is 10.2. The number of carbonyl (C=O) groups excluding carboxylic acids is 1. The highest BCUT2D eigenvalue weighted by Crippen LogP contribution is 2.47. The number of aliphatic hydroxyl groups is 1. The van der Waals surface area contributed by atoms with E-state index in [2.05, 4.69) is 0 Å². The number of thiocarbonyl (C=S) groups is 1. The van der Waals surface area contributed by atoms with Crippen molar-refractivity contribution < 1.29 is 9.90 Å². The Hall–Kier alpha value is -0.680. The van der Waals surface area contributed by atoms with E-state index in [1.807, 2.05) is 0 Å². The Morgan fingerprint density at radius 1 is 1.35 bits per heavy atom. The predicted molar refractivity (Wildman–Crippen MR) is 69.5 cm³/mol. The van der Waals surface area contributed by atoms with Gasteiger partial charge < -0.3 is 15.7 Å². The van der Waals surface area contributed by atoms with Crippen LogP contribution in [-0.2, 0) is 4.79 Å². The molecule has 5 heteroatoms. The van der Waals surface area contributed by atoms with Crippen molar-refractivity contribution in [2.75, 3.05) is 13.6 Å². The first-order valence-electron chi connectivity index (χ1n) is 6.18. The molecule has 96 valence electrons. The lowest BCUT2D eigenvalue weighted by Crippen LogP contribution is -2.47. The first-order chi connectivity index (χ1) is 7.90. The van der Waals surface area contributed by atoms with Crippen LogP contribution in [-0.4, -0.2) is 40.1 Å². The van der Waals surface area contributed by atoms with Crippen LogP contribution in [0.3, 0.4) is 0 Å². The van der Waals surface area contributed by atoms with Crippen LogP contribution in [0.25, 0.3) is 0 Å². The maximum atomic E-state index is 12.2. The van der Waals surface area contributed by atoms with E-state index in [0.717, 1.165) is 38.5 Å². The molecule has 0 bridgehead atoms. The molecule has 2 saturated carbocycles. The molecule has 0 atom stereocenters. The minimum atomic E-state index is -0.698. The Morgan fingerprint density at radius 3 is 2.29 bits per heavy atom. The second-order valence-corrected chi connectivity index (χ2v) is 5.98. The van der Waals surface area contributed by atoms with Gasteiger partial charge in [-0.3, -0.25) is 4.79 Å². The largest absolute Gasteiger partial charge is 0.392 e. The predicted octanol–water partition coefficient (Wildman–Crippen LogP) is 0.816. The van der Waals surface area contributed by atoms with E-state index < -0.39 is 11.0 Å². The van der Waals surface area contributed by atoms with Crippen LogP contribution in [0.1, 0.15) is 38.5 Å². The summed E-state index contributed by atoms with van der Waals surface area (Å²) in [6.07, 6.45) is 5.15. The van der Waals surface area contributed by atoms with Crippen molar-refractivity contribution in [3.05, 3.63) is 0 Å². The number of likely N-dealkylation sites (N-methyl/N-ethyl adjacent to an activating group) is 1. The summed E-state index contributed by atoms with van der Waals surface area (Å²) in [6, 6.07) is 0. The molecule has 0 aromatic heterocycles. The van der Waals surface area contributed by atoms with Crippen molar-refractivity contribution in [3.63, 3.8) is 0 Å². The van der Waals surface area contributed by atoms with Gasteiger partial charge >= 0.3 is 0 Å². The van der Waals surface area contributed by atoms with Crippen molar-refractivity contribution in [1.29, 1.82) is 0 Å². The lowest BCUT2D eigenvalue weighted by molar-refractivity contribution is -0.136. The third-order valence-corrected chi connectivity index (χ3v) is 4.43. The number of carbonyl (C=O) groups is 1. The molecular formula is C12H20N2O2S. The lowest BCUT2D eigenvalue weighted by atomic mass is 10.00. The lowest BCUT2D eigenvalue weighted by Gasteiger charge is -2.30. The topological polar surface area (TPSA) is 66.6 Å². The second kappa shape index (κ2) is 4.21. The summed E-state index contributed by atoms with van der Waals surface area (Å²) in [5, 5.41) is 10.3. The molecule has 3 N–H and O–H groups in total. The fourth-order valence-electron chi connectivity index (χ4n) is 2.76. The second-order valence-electron chi connectivity index (χ2n) is 5.54. The quantitative estimate of drug-likeness (QED) is 0.731. The molecule has 0 spiro atoms. The zero-order valence-corrected chi connectivity index (χ0v) is 11.1. The van der Waals surface area contributed by atoms with Gasteiger partial charge in [-0.05, 0) is 25.7 Å². The van der Waals surface area contributed by atoms with Crippen LogP contribution < -0.4 is 5.73 Å². The maximum absolute atomic E-state index is 12.2. The fourth-order valence-corrected chi connectivity index (χ4v) is 3.05. The summed E-state index contributed by atoms with van der Waals surface area (Å²) < 4.78 is 0. The van der Waals surface area contributed by atoms with Crippen LogP contribution in [0.15, 0.2) is 0 Å². The third-order valence-electron chi connectivity index (χ3n) is 4.04. The molecule has 2 aliphatic carbocycles. The average molecular weight is 256 g/mol. The van der Waals surface area contributed by atoms with Gasteiger partial charge in [0.2, 0.25) is 5.91 Å². The molecule has 2 aliphatic rings. The number of nitrogens with two attached hydrogens (primary N) is 1. The molecule has 0 aromatic rings. The van der Waals surface area contributed by atoms with Gasteiger partial charge in [-0.1, -0.05) is 25.1 Å². The van der Waals surface area contributed by atoms with Crippen molar-refractivity contribution in [2.24, 2.45) is 11.1 Å². The van der Waals surface area contributed by atoms with E-state index in [1.54, 1.807) is 11.9 Å². The van der Waals surface area contributed by atoms with E-state index in [4.69, 9.17) is 18.0 Å². The van der Waals surface area contributed by atoms with Gasteiger partial charge in [0.05, 0.1) is 16.0 Å². The molecule has 2 fully saturated rings. The summed E-state index contributed by atoms with van der Waals surface area (Å²) in [4.78, 5) is 14.2. The van der Waals surface area contributed by atoms with Crippen LogP contribution in [0.4, 0.5) is 0 Å². The Kier molecular flexibility index (Phi) is 3.16. The van der Waals surface area contributed by atoms with Crippen LogP contribution in [0, 0.1) is 5.41 Å². The standard InChI is InChI=1S/C12H20N2O2S/c1-14(8-11(16)4-2-3-5-11)10(15)12(6-7-12)9(13)17/h16H,2-8H2,1H3,(H2,13,17). The molecule has 2 rings (SSSR count). The smallest absolute Gasteiger partial charge is 0.235 e. The SMILES string of the molecule is CN(CC1(O)CCCC1)C(=O)C1(C(N)=S)CC1. The fraction of sp³-hybridized carbons (Fsp3) is 0.833. The molecule has 4 nitrogen and oxygen atoms in total. The summed E-state index contributed by atoms with van der Waals surface area (Å²) in [5.41, 5.74) is 4.34. The van der Waals surface area contributed by atoms with E-state index in [0.29, 0.717) is 11.5 Å². The molecule has 0 radical (unpaired) electrons. The molecule has 0 saturated heterocycles. The van der Waals surface area contributed by atoms with E-state index >= 15 is 0 Å². The van der Waals surface area contributed by atoms with Gasteiger partial charge in [0.25, 0.3) is 0 Å². The molecule has 0 unspecified atom stereocenters. The van der Waals surface area contributed by atoms with Crippen molar-refractivity contribution in [1.82, 2.24) is 4.90 Å². The zero-order chi connectivity index (χ0) is 12.7. The number of hydrogen-bond donors (Lipinski definition) is 2. The first kappa shape index (κ1) is 12.8. The highest BCUT2D eigenvalue weighted by molar-refractivity contribution is 7.80. The molecule has 1 amide bonds. The highest BCUT2D eigenvalue weighted by atomic mass is 32.1. The summed E-state index contributed by atoms with van der Waals surface area (Å²) >= 11 is 4.97. The number of hydrogen-bond acceptors (Lipinski definition) is 3. The maximum Gasteiger partial charge on any atom is 0.235 e. The van der Waals surface area contributed by atoms with E-state index in [1.165, 1.54) is 0 Å². The Labute approximate surface area is 107 Å². The van der Waals surface area contributed by atoms with Gasteiger partial charge in [0.1, 0.15) is 0 Å². The normalized spacial score (nSPS) is 24.4.